The van der Waals surface area contributed by atoms with E-state index in [0.717, 1.165) is 4.88 Å². The first-order valence-electron chi connectivity index (χ1n) is 6.66. The molecule has 0 aliphatic heterocycles. The zero-order valence-corrected chi connectivity index (χ0v) is 12.8. The second-order valence-electron chi connectivity index (χ2n) is 4.77. The molecule has 1 aromatic heterocycles. The number of rotatable bonds is 3. The topological polar surface area (TPSA) is 68.0 Å². The summed E-state index contributed by atoms with van der Waals surface area (Å²) in [6.45, 7) is 4.55. The Morgan fingerprint density at radius 3 is 2.71 bits per heavy atom. The average molecular weight is 299 g/mol. The fraction of sp³-hybridized carbons (Fsp3) is 0.250. The number of nitrogens with two attached hydrogens (primary N) is 1. The number of hydrogen-bond acceptors (Lipinski definition) is 4. The Morgan fingerprint density at radius 1 is 1.38 bits per heavy atom. The SMILES string of the molecule is CC(C)c1ccc(C(=O)Nc2ncc(C#CCN)s2)cc1. The van der Waals surface area contributed by atoms with Crippen LogP contribution in [0.1, 0.15) is 40.6 Å². The Bertz CT molecular complexity index is 678. The third kappa shape index (κ3) is 4.15. The molecule has 4 nitrogen and oxygen atoms in total. The van der Waals surface area contributed by atoms with E-state index in [-0.39, 0.29) is 5.91 Å². The third-order valence-electron chi connectivity index (χ3n) is 2.88. The molecule has 0 radical (unpaired) electrons. The van der Waals surface area contributed by atoms with Crippen LogP contribution in [0, 0.1) is 11.8 Å². The van der Waals surface area contributed by atoms with Crippen molar-refractivity contribution in [3.05, 3.63) is 46.5 Å². The van der Waals surface area contributed by atoms with Gasteiger partial charge >= 0.3 is 0 Å². The minimum atomic E-state index is -0.169. The molecule has 0 fully saturated rings. The summed E-state index contributed by atoms with van der Waals surface area (Å²) in [7, 11) is 0. The van der Waals surface area contributed by atoms with Crippen LogP contribution in [0.2, 0.25) is 0 Å². The number of benzene rings is 1. The predicted octanol–water partition coefficient (Wildman–Crippen LogP) is 2.83. The molecule has 2 rings (SSSR count). The van der Waals surface area contributed by atoms with Crippen LogP contribution in [0.4, 0.5) is 5.13 Å². The van der Waals surface area contributed by atoms with Crippen LogP contribution in [0.15, 0.2) is 30.5 Å². The van der Waals surface area contributed by atoms with E-state index in [4.69, 9.17) is 5.73 Å². The van der Waals surface area contributed by atoms with Crippen LogP contribution >= 0.6 is 11.3 Å². The maximum absolute atomic E-state index is 12.1. The molecule has 1 amide bonds. The number of nitrogens with one attached hydrogen (secondary N) is 1. The van der Waals surface area contributed by atoms with Crippen molar-refractivity contribution >= 4 is 22.4 Å². The lowest BCUT2D eigenvalue weighted by Crippen LogP contribution is -2.11. The van der Waals surface area contributed by atoms with Gasteiger partial charge in [0.05, 0.1) is 17.6 Å². The van der Waals surface area contributed by atoms with Crippen LogP contribution in [0.25, 0.3) is 0 Å². The second-order valence-corrected chi connectivity index (χ2v) is 5.80. The van der Waals surface area contributed by atoms with E-state index in [2.05, 4.69) is 36.0 Å². The van der Waals surface area contributed by atoms with Gasteiger partial charge in [-0.15, -0.1) is 0 Å². The smallest absolute Gasteiger partial charge is 0.257 e. The Hall–Kier alpha value is -2.16. The average Bonchev–Trinajstić information content (AvgIpc) is 2.92. The van der Waals surface area contributed by atoms with Crippen LogP contribution in [-0.4, -0.2) is 17.4 Å². The minimum absolute atomic E-state index is 0.169. The summed E-state index contributed by atoms with van der Waals surface area (Å²) in [6, 6.07) is 7.60. The molecule has 0 aliphatic carbocycles. The summed E-state index contributed by atoms with van der Waals surface area (Å²) < 4.78 is 0. The minimum Gasteiger partial charge on any atom is -0.320 e. The van der Waals surface area contributed by atoms with Gasteiger partial charge in [-0.3, -0.25) is 10.1 Å². The monoisotopic (exact) mass is 299 g/mol. The molecule has 2 aromatic rings. The highest BCUT2D eigenvalue weighted by atomic mass is 32.1. The molecule has 5 heteroatoms. The molecule has 0 saturated heterocycles. The number of carbonyl (C=O) groups excluding carboxylic acids is 1. The first-order chi connectivity index (χ1) is 10.1. The third-order valence-corrected chi connectivity index (χ3v) is 3.71. The first-order valence-corrected chi connectivity index (χ1v) is 7.48. The van der Waals surface area contributed by atoms with Gasteiger partial charge in [0.15, 0.2) is 5.13 Å². The van der Waals surface area contributed by atoms with E-state index in [1.165, 1.54) is 16.9 Å². The Kier molecular flexibility index (Phi) is 5.09. The quantitative estimate of drug-likeness (QED) is 0.856. The Labute approximate surface area is 128 Å². The van der Waals surface area contributed by atoms with Crippen molar-refractivity contribution in [1.29, 1.82) is 0 Å². The lowest BCUT2D eigenvalue weighted by Gasteiger charge is -2.06. The number of carbonyl (C=O) groups is 1. The van der Waals surface area contributed by atoms with E-state index >= 15 is 0 Å². The van der Waals surface area contributed by atoms with Gasteiger partial charge in [0.2, 0.25) is 0 Å². The molecular formula is C16H17N3OS. The molecule has 0 atom stereocenters. The number of aromatic nitrogens is 1. The fourth-order valence-electron chi connectivity index (χ4n) is 1.72. The lowest BCUT2D eigenvalue weighted by molar-refractivity contribution is 0.102. The molecule has 3 N–H and O–H groups in total. The van der Waals surface area contributed by atoms with Gasteiger partial charge in [0, 0.05) is 5.56 Å². The van der Waals surface area contributed by atoms with E-state index < -0.39 is 0 Å². The zero-order valence-electron chi connectivity index (χ0n) is 12.0. The van der Waals surface area contributed by atoms with Gasteiger partial charge in [-0.1, -0.05) is 49.2 Å². The molecular weight excluding hydrogens is 282 g/mol. The molecule has 1 heterocycles. The Morgan fingerprint density at radius 2 is 2.10 bits per heavy atom. The van der Waals surface area contributed by atoms with Gasteiger partial charge in [-0.25, -0.2) is 4.98 Å². The maximum atomic E-state index is 12.1. The normalized spacial score (nSPS) is 10.1. The molecule has 108 valence electrons. The van der Waals surface area contributed by atoms with Gasteiger partial charge < -0.3 is 5.73 Å². The van der Waals surface area contributed by atoms with E-state index in [1.54, 1.807) is 6.20 Å². The predicted molar refractivity (Wildman–Crippen MR) is 86.5 cm³/mol. The van der Waals surface area contributed by atoms with Gasteiger partial charge in [0.1, 0.15) is 0 Å². The molecule has 21 heavy (non-hydrogen) atoms. The van der Waals surface area contributed by atoms with Crippen molar-refractivity contribution in [1.82, 2.24) is 4.98 Å². The molecule has 0 saturated carbocycles. The fourth-order valence-corrected chi connectivity index (χ4v) is 2.40. The van der Waals surface area contributed by atoms with Crippen LogP contribution in [0.5, 0.6) is 0 Å². The largest absolute Gasteiger partial charge is 0.320 e. The van der Waals surface area contributed by atoms with Gasteiger partial charge in [-0.2, -0.15) is 0 Å². The number of hydrogen-bond donors (Lipinski definition) is 2. The highest BCUT2D eigenvalue weighted by molar-refractivity contribution is 7.16. The van der Waals surface area contributed by atoms with Crippen molar-refractivity contribution in [2.45, 2.75) is 19.8 Å². The summed E-state index contributed by atoms with van der Waals surface area (Å²) in [4.78, 5) is 17.0. The van der Waals surface area contributed by atoms with Crippen molar-refractivity contribution < 1.29 is 4.79 Å². The molecule has 0 bridgehead atoms. The van der Waals surface area contributed by atoms with Crippen molar-refractivity contribution in [3.8, 4) is 11.8 Å². The number of anilines is 1. The van der Waals surface area contributed by atoms with Crippen molar-refractivity contribution in [3.63, 3.8) is 0 Å². The van der Waals surface area contributed by atoms with E-state index in [0.29, 0.717) is 23.2 Å². The summed E-state index contributed by atoms with van der Waals surface area (Å²) >= 11 is 1.33. The van der Waals surface area contributed by atoms with Gasteiger partial charge in [0.25, 0.3) is 5.91 Å². The van der Waals surface area contributed by atoms with Gasteiger partial charge in [-0.05, 0) is 23.6 Å². The summed E-state index contributed by atoms with van der Waals surface area (Å²) in [5.74, 6) is 5.92. The summed E-state index contributed by atoms with van der Waals surface area (Å²) in [5.41, 5.74) is 7.14. The molecule has 0 aliphatic rings. The molecule has 0 spiro atoms. The van der Waals surface area contributed by atoms with E-state index in [9.17, 15) is 4.79 Å². The van der Waals surface area contributed by atoms with Crippen molar-refractivity contribution in [2.24, 2.45) is 5.73 Å². The van der Waals surface area contributed by atoms with E-state index in [1.807, 2.05) is 24.3 Å². The summed E-state index contributed by atoms with van der Waals surface area (Å²) in [6.07, 6.45) is 1.63. The second kappa shape index (κ2) is 7.02. The van der Waals surface area contributed by atoms with Crippen LogP contribution in [-0.2, 0) is 0 Å². The number of amides is 1. The zero-order chi connectivity index (χ0) is 15.2. The highest BCUT2D eigenvalue weighted by Crippen LogP contribution is 2.19. The number of thiazole rings is 1. The first kappa shape index (κ1) is 15.2. The number of nitrogens with zero attached hydrogens (tertiary/aromatic N) is 1. The maximum Gasteiger partial charge on any atom is 0.257 e. The lowest BCUT2D eigenvalue weighted by atomic mass is 10.0. The standard InChI is InChI=1S/C16H17N3OS/c1-11(2)12-5-7-13(8-6-12)15(20)19-16-18-10-14(21-16)4-3-9-17/h5-8,10-11H,9,17H2,1-2H3,(H,18,19,20). The van der Waals surface area contributed by atoms with Crippen LogP contribution in [0.3, 0.4) is 0 Å². The highest BCUT2D eigenvalue weighted by Gasteiger charge is 2.09. The Balaban J connectivity index is 2.05. The molecule has 1 aromatic carbocycles. The molecule has 0 unspecified atom stereocenters. The summed E-state index contributed by atoms with van der Waals surface area (Å²) in [5, 5.41) is 3.31. The van der Waals surface area contributed by atoms with Crippen molar-refractivity contribution in [2.75, 3.05) is 11.9 Å². The van der Waals surface area contributed by atoms with Crippen LogP contribution < -0.4 is 11.1 Å².